The molecule has 1 aliphatic heterocycles. The van der Waals surface area contributed by atoms with Crippen molar-refractivity contribution in [1.29, 1.82) is 0 Å². The summed E-state index contributed by atoms with van der Waals surface area (Å²) in [5, 5.41) is 0. The van der Waals surface area contributed by atoms with Crippen LogP contribution in [0.4, 0.5) is 8.78 Å². The first-order valence-corrected chi connectivity index (χ1v) is 6.10. The second kappa shape index (κ2) is 2.89. The van der Waals surface area contributed by atoms with Gasteiger partial charge in [-0.2, -0.15) is 0 Å². The van der Waals surface area contributed by atoms with Crippen LogP contribution < -0.4 is 0 Å². The van der Waals surface area contributed by atoms with Crippen molar-refractivity contribution in [2.45, 2.75) is 38.4 Å². The van der Waals surface area contributed by atoms with Crippen LogP contribution in [0, 0.1) is 0 Å². The average Bonchev–Trinajstić information content (AvgIpc) is 1.80. The van der Waals surface area contributed by atoms with Gasteiger partial charge >= 0.3 is 12.9 Å². The molecular weight excluding hydrogens is 224 g/mol. The van der Waals surface area contributed by atoms with E-state index in [0.717, 1.165) is 20.8 Å². The van der Waals surface area contributed by atoms with Crippen molar-refractivity contribution < 1.29 is 22.4 Å². The zero-order valence-electron chi connectivity index (χ0n) is 7.38. The minimum absolute atomic E-state index is 1.11. The van der Waals surface area contributed by atoms with Gasteiger partial charge in [-0.25, -0.2) is 13.3 Å². The quantitative estimate of drug-likeness (QED) is 0.604. The number of alkyl halides is 2. The maximum Gasteiger partial charge on any atom is 0.425 e. The van der Waals surface area contributed by atoms with Crippen LogP contribution in [0.15, 0.2) is 0 Å². The van der Waals surface area contributed by atoms with Crippen LogP contribution >= 0.6 is 18.2 Å². The predicted molar refractivity (Wildman–Crippen MR) is 44.1 cm³/mol. The van der Waals surface area contributed by atoms with Gasteiger partial charge in [0.2, 0.25) is 0 Å². The van der Waals surface area contributed by atoms with Gasteiger partial charge in [-0.05, 0) is 20.8 Å². The first-order chi connectivity index (χ1) is 5.58. The first kappa shape index (κ1) is 11.4. The van der Waals surface area contributed by atoms with Crippen molar-refractivity contribution in [2.24, 2.45) is 0 Å². The summed E-state index contributed by atoms with van der Waals surface area (Å²) in [6.45, 7) is -0.489. The van der Waals surface area contributed by atoms with Gasteiger partial charge in [0, 0.05) is 11.2 Å². The summed E-state index contributed by atoms with van der Waals surface area (Å²) in [7, 11) is 0. The standard InChI is InChI=1S/C6H10ClF2O3P/c1-4-6(8,9)5(2,3)12-13(7,10)11-4/h4H,1-3H3. The zero-order valence-corrected chi connectivity index (χ0v) is 9.03. The molecule has 0 N–H and O–H groups in total. The molecule has 0 amide bonds. The SMILES string of the molecule is CC1OP(=O)(Cl)OC(C)(C)C1(F)F. The van der Waals surface area contributed by atoms with E-state index in [0.29, 0.717) is 0 Å². The van der Waals surface area contributed by atoms with E-state index in [-0.39, 0.29) is 0 Å². The van der Waals surface area contributed by atoms with Crippen LogP contribution in [0.3, 0.4) is 0 Å². The summed E-state index contributed by atoms with van der Waals surface area (Å²) in [6, 6.07) is 0. The molecule has 0 aromatic heterocycles. The molecule has 13 heavy (non-hydrogen) atoms. The van der Waals surface area contributed by atoms with E-state index in [1.807, 2.05) is 0 Å². The highest BCUT2D eigenvalue weighted by molar-refractivity contribution is 7.81. The van der Waals surface area contributed by atoms with Crippen molar-refractivity contribution >= 4 is 18.2 Å². The van der Waals surface area contributed by atoms with Crippen molar-refractivity contribution in [3.8, 4) is 0 Å². The highest BCUT2D eigenvalue weighted by Crippen LogP contribution is 2.64. The second-order valence-electron chi connectivity index (χ2n) is 3.40. The first-order valence-electron chi connectivity index (χ1n) is 3.65. The topological polar surface area (TPSA) is 35.5 Å². The van der Waals surface area contributed by atoms with Gasteiger partial charge < -0.3 is 0 Å². The molecule has 0 spiro atoms. The Hall–Kier alpha value is 0.300. The van der Waals surface area contributed by atoms with Crippen LogP contribution in [0.5, 0.6) is 0 Å². The predicted octanol–water partition coefficient (Wildman–Crippen LogP) is 3.18. The van der Waals surface area contributed by atoms with Gasteiger partial charge in [0.25, 0.3) is 0 Å². The third kappa shape index (κ3) is 1.89. The monoisotopic (exact) mass is 234 g/mol. The molecule has 0 aromatic rings. The van der Waals surface area contributed by atoms with E-state index < -0.39 is 24.6 Å². The fourth-order valence-electron chi connectivity index (χ4n) is 1.10. The molecule has 7 heteroatoms. The van der Waals surface area contributed by atoms with Gasteiger partial charge in [-0.15, -0.1) is 0 Å². The maximum absolute atomic E-state index is 13.3. The van der Waals surface area contributed by atoms with Crippen LogP contribution in [-0.2, 0) is 13.6 Å². The number of rotatable bonds is 0. The number of halogens is 3. The Morgan fingerprint density at radius 2 is 1.92 bits per heavy atom. The van der Waals surface area contributed by atoms with E-state index >= 15 is 0 Å². The van der Waals surface area contributed by atoms with Gasteiger partial charge in [0.15, 0.2) is 0 Å². The normalized spacial score (nSPS) is 43.1. The van der Waals surface area contributed by atoms with Crippen LogP contribution in [0.1, 0.15) is 20.8 Å². The summed E-state index contributed by atoms with van der Waals surface area (Å²) >= 11 is 5.26. The van der Waals surface area contributed by atoms with Crippen molar-refractivity contribution in [3.63, 3.8) is 0 Å². The van der Waals surface area contributed by atoms with Gasteiger partial charge in [0.05, 0.1) is 0 Å². The Morgan fingerprint density at radius 3 is 2.31 bits per heavy atom. The molecule has 0 aliphatic carbocycles. The molecule has 2 unspecified atom stereocenters. The molecule has 0 aromatic carbocycles. The molecular formula is C6H10ClF2O3P. The summed E-state index contributed by atoms with van der Waals surface area (Å²) in [4.78, 5) is 0. The molecule has 1 aliphatic rings. The zero-order chi connectivity index (χ0) is 10.5. The Balaban J connectivity index is 3.03. The Morgan fingerprint density at radius 1 is 1.46 bits per heavy atom. The molecule has 1 heterocycles. The fraction of sp³-hybridized carbons (Fsp3) is 1.00. The van der Waals surface area contributed by atoms with Crippen LogP contribution in [0.25, 0.3) is 0 Å². The maximum atomic E-state index is 13.3. The highest BCUT2D eigenvalue weighted by Gasteiger charge is 2.61. The summed E-state index contributed by atoms with van der Waals surface area (Å²) in [6.07, 6.45) is -1.51. The van der Waals surface area contributed by atoms with Crippen molar-refractivity contribution in [2.75, 3.05) is 0 Å². The lowest BCUT2D eigenvalue weighted by Crippen LogP contribution is -2.55. The Bertz CT molecular complexity index is 269. The largest absolute Gasteiger partial charge is 0.425 e. The molecule has 0 saturated carbocycles. The minimum atomic E-state index is -3.85. The van der Waals surface area contributed by atoms with E-state index in [1.165, 1.54) is 0 Å². The smallest absolute Gasteiger partial charge is 0.287 e. The van der Waals surface area contributed by atoms with Crippen molar-refractivity contribution in [1.82, 2.24) is 0 Å². The van der Waals surface area contributed by atoms with Crippen molar-refractivity contribution in [3.05, 3.63) is 0 Å². The summed E-state index contributed by atoms with van der Waals surface area (Å²) in [5.74, 6) is -3.21. The molecule has 2 atom stereocenters. The third-order valence-electron chi connectivity index (χ3n) is 1.93. The third-order valence-corrected chi connectivity index (χ3v) is 3.62. The highest BCUT2D eigenvalue weighted by atomic mass is 35.7. The lowest BCUT2D eigenvalue weighted by molar-refractivity contribution is -0.221. The van der Waals surface area contributed by atoms with E-state index in [1.54, 1.807) is 0 Å². The van der Waals surface area contributed by atoms with E-state index in [2.05, 4.69) is 9.05 Å². The second-order valence-corrected chi connectivity index (χ2v) is 5.90. The Kier molecular flexibility index (Phi) is 2.53. The summed E-state index contributed by atoms with van der Waals surface area (Å²) < 4.78 is 46.6. The van der Waals surface area contributed by atoms with Crippen LogP contribution in [0.2, 0.25) is 0 Å². The van der Waals surface area contributed by atoms with Gasteiger partial charge in [-0.1, -0.05) is 0 Å². The van der Waals surface area contributed by atoms with Crippen LogP contribution in [-0.4, -0.2) is 17.6 Å². The molecule has 3 nitrogen and oxygen atoms in total. The number of hydrogen-bond acceptors (Lipinski definition) is 3. The fourth-order valence-corrected chi connectivity index (χ4v) is 3.20. The minimum Gasteiger partial charge on any atom is -0.287 e. The summed E-state index contributed by atoms with van der Waals surface area (Å²) in [5.41, 5.74) is -1.87. The molecule has 1 rings (SSSR count). The molecule has 0 radical (unpaired) electrons. The van der Waals surface area contributed by atoms with Gasteiger partial charge in [-0.3, -0.25) is 9.05 Å². The molecule has 78 valence electrons. The number of hydrogen-bond donors (Lipinski definition) is 0. The average molecular weight is 235 g/mol. The molecule has 1 fully saturated rings. The lowest BCUT2D eigenvalue weighted by atomic mass is 9.96. The van der Waals surface area contributed by atoms with E-state index in [9.17, 15) is 13.3 Å². The molecule has 0 bridgehead atoms. The van der Waals surface area contributed by atoms with Gasteiger partial charge in [0.1, 0.15) is 11.7 Å². The lowest BCUT2D eigenvalue weighted by Gasteiger charge is -2.42. The Labute approximate surface area is 79.7 Å². The molecule has 1 saturated heterocycles. The van der Waals surface area contributed by atoms with E-state index in [4.69, 9.17) is 11.2 Å².